The van der Waals surface area contributed by atoms with E-state index in [9.17, 15) is 20.2 Å². The van der Waals surface area contributed by atoms with Crippen molar-refractivity contribution >= 4 is 17.1 Å². The van der Waals surface area contributed by atoms with E-state index in [0.29, 0.717) is 16.8 Å². The van der Waals surface area contributed by atoms with E-state index in [1.54, 1.807) is 24.3 Å². The van der Waals surface area contributed by atoms with E-state index < -0.39 is 21.2 Å². The molecule has 0 fully saturated rings. The van der Waals surface area contributed by atoms with Crippen molar-refractivity contribution in [1.82, 2.24) is 0 Å². The van der Waals surface area contributed by atoms with Crippen molar-refractivity contribution in [3.8, 4) is 11.1 Å². The maximum atomic E-state index is 10.9. The molecule has 96 valence electrons. The van der Waals surface area contributed by atoms with Gasteiger partial charge in [0.15, 0.2) is 0 Å². The quantitative estimate of drug-likeness (QED) is 0.517. The summed E-state index contributed by atoms with van der Waals surface area (Å²) in [7, 11) is 0. The van der Waals surface area contributed by atoms with Gasteiger partial charge in [-0.05, 0) is 17.7 Å². The van der Waals surface area contributed by atoms with Gasteiger partial charge in [-0.25, -0.2) is 0 Å². The Hall–Kier alpha value is -2.96. The third kappa shape index (κ3) is 2.34. The second-order valence-electron chi connectivity index (χ2n) is 3.80. The Labute approximate surface area is 107 Å². The standard InChI is InChI=1S/C12H9N3O4/c13-10-4-2-1-3-9(10)8-5-6-11(14(16)17)12(7-8)15(18)19/h1-7H,13H2. The molecular weight excluding hydrogens is 250 g/mol. The van der Waals surface area contributed by atoms with Gasteiger partial charge < -0.3 is 5.73 Å². The smallest absolute Gasteiger partial charge is 0.346 e. The summed E-state index contributed by atoms with van der Waals surface area (Å²) in [5.74, 6) is 0. The predicted molar refractivity (Wildman–Crippen MR) is 69.6 cm³/mol. The van der Waals surface area contributed by atoms with Gasteiger partial charge in [0.2, 0.25) is 0 Å². The lowest BCUT2D eigenvalue weighted by molar-refractivity contribution is -0.422. The molecule has 0 aliphatic heterocycles. The van der Waals surface area contributed by atoms with Crippen LogP contribution in [-0.4, -0.2) is 9.85 Å². The first kappa shape index (κ1) is 12.5. The molecule has 19 heavy (non-hydrogen) atoms. The molecule has 2 N–H and O–H groups in total. The average Bonchev–Trinajstić information content (AvgIpc) is 2.38. The highest BCUT2D eigenvalue weighted by Gasteiger charge is 2.24. The van der Waals surface area contributed by atoms with Crippen molar-refractivity contribution in [2.24, 2.45) is 0 Å². The molecule has 0 aliphatic rings. The Morgan fingerprint density at radius 1 is 0.895 bits per heavy atom. The third-order valence-corrected chi connectivity index (χ3v) is 2.64. The summed E-state index contributed by atoms with van der Waals surface area (Å²) in [6.07, 6.45) is 0. The molecule has 0 radical (unpaired) electrons. The minimum absolute atomic E-state index is 0.450. The number of nitro benzene ring substituents is 2. The molecule has 2 aromatic rings. The number of rotatable bonds is 3. The van der Waals surface area contributed by atoms with Crippen LogP contribution >= 0.6 is 0 Å². The summed E-state index contributed by atoms with van der Waals surface area (Å²) < 4.78 is 0. The third-order valence-electron chi connectivity index (χ3n) is 2.64. The molecule has 0 saturated carbocycles. The van der Waals surface area contributed by atoms with Gasteiger partial charge in [-0.15, -0.1) is 0 Å². The lowest BCUT2D eigenvalue weighted by Crippen LogP contribution is -1.97. The average molecular weight is 259 g/mol. The Morgan fingerprint density at radius 3 is 2.11 bits per heavy atom. The number of nitrogens with two attached hydrogens (primary N) is 1. The molecule has 0 atom stereocenters. The van der Waals surface area contributed by atoms with E-state index in [1.165, 1.54) is 6.07 Å². The topological polar surface area (TPSA) is 112 Å². The summed E-state index contributed by atoms with van der Waals surface area (Å²) in [5, 5.41) is 21.6. The summed E-state index contributed by atoms with van der Waals surface area (Å²) in [6.45, 7) is 0. The Bertz CT molecular complexity index is 670. The van der Waals surface area contributed by atoms with Crippen LogP contribution in [0.15, 0.2) is 42.5 Å². The van der Waals surface area contributed by atoms with Crippen LogP contribution in [0.25, 0.3) is 11.1 Å². The first-order valence-electron chi connectivity index (χ1n) is 5.28. The van der Waals surface area contributed by atoms with E-state index in [0.717, 1.165) is 12.1 Å². The van der Waals surface area contributed by atoms with Crippen molar-refractivity contribution in [2.75, 3.05) is 5.73 Å². The number of hydrogen-bond donors (Lipinski definition) is 1. The van der Waals surface area contributed by atoms with E-state index in [1.807, 2.05) is 0 Å². The Balaban J connectivity index is 2.62. The lowest BCUT2D eigenvalue weighted by atomic mass is 10.0. The number of para-hydroxylation sites is 1. The first-order valence-corrected chi connectivity index (χ1v) is 5.28. The molecule has 0 aromatic heterocycles. The van der Waals surface area contributed by atoms with E-state index >= 15 is 0 Å². The molecule has 0 spiro atoms. The molecule has 2 rings (SSSR count). The highest BCUT2D eigenvalue weighted by atomic mass is 16.6. The number of nitrogen functional groups attached to an aromatic ring is 1. The number of nitrogens with zero attached hydrogens (tertiary/aromatic N) is 2. The van der Waals surface area contributed by atoms with Crippen LogP contribution < -0.4 is 5.73 Å². The predicted octanol–water partition coefficient (Wildman–Crippen LogP) is 2.75. The fraction of sp³-hybridized carbons (Fsp3) is 0. The largest absolute Gasteiger partial charge is 0.398 e. The first-order chi connectivity index (χ1) is 9.00. The number of hydrogen-bond acceptors (Lipinski definition) is 5. The molecule has 0 aliphatic carbocycles. The molecule has 0 amide bonds. The fourth-order valence-electron chi connectivity index (χ4n) is 1.75. The van der Waals surface area contributed by atoms with Crippen molar-refractivity contribution in [1.29, 1.82) is 0 Å². The van der Waals surface area contributed by atoms with Gasteiger partial charge >= 0.3 is 11.4 Å². The van der Waals surface area contributed by atoms with Crippen LogP contribution in [-0.2, 0) is 0 Å². The Kier molecular flexibility index (Phi) is 3.11. The molecule has 0 saturated heterocycles. The van der Waals surface area contributed by atoms with Crippen LogP contribution in [0.1, 0.15) is 0 Å². The summed E-state index contributed by atoms with van der Waals surface area (Å²) in [4.78, 5) is 20.0. The van der Waals surface area contributed by atoms with Gasteiger partial charge in [-0.2, -0.15) is 0 Å². The number of nitro groups is 2. The number of anilines is 1. The molecule has 7 heteroatoms. The fourth-order valence-corrected chi connectivity index (χ4v) is 1.75. The molecule has 0 heterocycles. The SMILES string of the molecule is Nc1ccccc1-c1ccc([N+](=O)[O-])c([N+](=O)[O-])c1. The zero-order valence-electron chi connectivity index (χ0n) is 9.65. The van der Waals surface area contributed by atoms with Gasteiger partial charge in [0, 0.05) is 23.4 Å². The van der Waals surface area contributed by atoms with Crippen LogP contribution in [0.3, 0.4) is 0 Å². The molecule has 2 aromatic carbocycles. The minimum atomic E-state index is -0.781. The van der Waals surface area contributed by atoms with Crippen LogP contribution in [0.5, 0.6) is 0 Å². The maximum Gasteiger partial charge on any atom is 0.346 e. The van der Waals surface area contributed by atoms with Gasteiger partial charge in [-0.1, -0.05) is 18.2 Å². The molecule has 7 nitrogen and oxygen atoms in total. The summed E-state index contributed by atoms with van der Waals surface area (Å²) >= 11 is 0. The normalized spacial score (nSPS) is 10.1. The van der Waals surface area contributed by atoms with Gasteiger partial charge in [0.1, 0.15) is 0 Å². The van der Waals surface area contributed by atoms with Crippen LogP contribution in [0.2, 0.25) is 0 Å². The van der Waals surface area contributed by atoms with Crippen molar-refractivity contribution in [2.45, 2.75) is 0 Å². The zero-order chi connectivity index (χ0) is 14.0. The van der Waals surface area contributed by atoms with Gasteiger partial charge in [-0.3, -0.25) is 20.2 Å². The second-order valence-corrected chi connectivity index (χ2v) is 3.80. The van der Waals surface area contributed by atoms with Crippen molar-refractivity contribution < 1.29 is 9.85 Å². The van der Waals surface area contributed by atoms with Crippen LogP contribution in [0, 0.1) is 20.2 Å². The summed E-state index contributed by atoms with van der Waals surface area (Å²) in [6, 6.07) is 10.5. The molecule has 0 bridgehead atoms. The van der Waals surface area contributed by atoms with Crippen molar-refractivity contribution in [3.63, 3.8) is 0 Å². The monoisotopic (exact) mass is 259 g/mol. The second kappa shape index (κ2) is 4.73. The van der Waals surface area contributed by atoms with E-state index in [-0.39, 0.29) is 0 Å². The highest BCUT2D eigenvalue weighted by molar-refractivity contribution is 5.79. The molecular formula is C12H9N3O4. The minimum Gasteiger partial charge on any atom is -0.398 e. The number of benzene rings is 2. The zero-order valence-corrected chi connectivity index (χ0v) is 9.65. The molecule has 0 unspecified atom stereocenters. The maximum absolute atomic E-state index is 10.9. The lowest BCUT2D eigenvalue weighted by Gasteiger charge is -2.05. The van der Waals surface area contributed by atoms with Crippen molar-refractivity contribution in [3.05, 3.63) is 62.7 Å². The van der Waals surface area contributed by atoms with Gasteiger partial charge in [0.25, 0.3) is 0 Å². The van der Waals surface area contributed by atoms with Gasteiger partial charge in [0.05, 0.1) is 9.85 Å². The Morgan fingerprint density at radius 2 is 1.53 bits per heavy atom. The van der Waals surface area contributed by atoms with E-state index in [4.69, 9.17) is 5.73 Å². The highest BCUT2D eigenvalue weighted by Crippen LogP contribution is 2.33. The summed E-state index contributed by atoms with van der Waals surface area (Å²) in [5.41, 5.74) is 6.20. The van der Waals surface area contributed by atoms with E-state index in [2.05, 4.69) is 0 Å². The van der Waals surface area contributed by atoms with Crippen LogP contribution in [0.4, 0.5) is 17.1 Å².